The van der Waals surface area contributed by atoms with Gasteiger partial charge in [0.15, 0.2) is 5.13 Å². The largest absolute Gasteiger partial charge is 0.375 e. The third-order valence-corrected chi connectivity index (χ3v) is 5.65. The number of carbonyl (C=O) groups is 1. The number of carbonyl (C=O) groups excluding carboxylic acids is 1. The molecule has 5 heteroatoms. The fourth-order valence-electron chi connectivity index (χ4n) is 3.45. The van der Waals surface area contributed by atoms with Crippen LogP contribution in [0.2, 0.25) is 0 Å². The zero-order valence-corrected chi connectivity index (χ0v) is 15.0. The average molecular weight is 343 g/mol. The van der Waals surface area contributed by atoms with Crippen LogP contribution in [0.4, 0.5) is 5.13 Å². The molecule has 1 atom stereocenters. The molecule has 1 saturated heterocycles. The molecule has 0 unspecified atom stereocenters. The van der Waals surface area contributed by atoms with Gasteiger partial charge < -0.3 is 10.6 Å². The molecule has 2 heterocycles. The van der Waals surface area contributed by atoms with Crippen LogP contribution < -0.4 is 5.73 Å². The van der Waals surface area contributed by atoms with Gasteiger partial charge in [0, 0.05) is 12.6 Å². The van der Waals surface area contributed by atoms with E-state index in [1.165, 1.54) is 23.3 Å². The van der Waals surface area contributed by atoms with Crippen molar-refractivity contribution in [1.82, 2.24) is 9.88 Å². The molecule has 0 saturated carbocycles. The monoisotopic (exact) mass is 343 g/mol. The number of hydrogen-bond donors (Lipinski definition) is 1. The van der Waals surface area contributed by atoms with Crippen molar-refractivity contribution in [2.75, 3.05) is 12.3 Å². The predicted molar refractivity (Wildman–Crippen MR) is 99.3 cm³/mol. The topological polar surface area (TPSA) is 59.2 Å². The first kappa shape index (κ1) is 17.0. The normalized spacial score (nSPS) is 17.9. The molecule has 0 bridgehead atoms. The van der Waals surface area contributed by atoms with Gasteiger partial charge >= 0.3 is 0 Å². The van der Waals surface area contributed by atoms with Crippen molar-refractivity contribution in [3.05, 3.63) is 46.5 Å². The van der Waals surface area contributed by atoms with E-state index in [0.717, 1.165) is 49.2 Å². The average Bonchev–Trinajstić information content (AvgIpc) is 3.01. The molecule has 1 fully saturated rings. The molecule has 1 aliphatic heterocycles. The van der Waals surface area contributed by atoms with Gasteiger partial charge in [0.2, 0.25) is 0 Å². The van der Waals surface area contributed by atoms with E-state index in [1.807, 2.05) is 13.0 Å². The number of benzene rings is 1. The Morgan fingerprint density at radius 1 is 1.33 bits per heavy atom. The lowest BCUT2D eigenvalue weighted by atomic mass is 9.95. The number of rotatable bonds is 5. The fourth-order valence-corrected chi connectivity index (χ4v) is 4.33. The van der Waals surface area contributed by atoms with Gasteiger partial charge in [0.1, 0.15) is 4.88 Å². The maximum Gasteiger partial charge on any atom is 0.266 e. The smallest absolute Gasteiger partial charge is 0.266 e. The number of anilines is 1. The minimum absolute atomic E-state index is 0.124. The van der Waals surface area contributed by atoms with Crippen molar-refractivity contribution in [2.45, 2.75) is 51.5 Å². The van der Waals surface area contributed by atoms with Crippen LogP contribution in [0.25, 0.3) is 0 Å². The van der Waals surface area contributed by atoms with Crippen LogP contribution in [-0.2, 0) is 12.8 Å². The number of likely N-dealkylation sites (tertiary alicyclic amines) is 1. The van der Waals surface area contributed by atoms with Crippen LogP contribution in [0.15, 0.2) is 30.3 Å². The summed E-state index contributed by atoms with van der Waals surface area (Å²) in [5.41, 5.74) is 8.01. The molecule has 24 heavy (non-hydrogen) atoms. The van der Waals surface area contributed by atoms with Gasteiger partial charge in [-0.05, 0) is 44.1 Å². The Bertz CT molecular complexity index is 683. The summed E-state index contributed by atoms with van der Waals surface area (Å²) in [6.45, 7) is 2.87. The zero-order valence-electron chi connectivity index (χ0n) is 14.2. The van der Waals surface area contributed by atoms with Crippen LogP contribution in [0.1, 0.15) is 53.5 Å². The molecule has 2 N–H and O–H groups in total. The van der Waals surface area contributed by atoms with Crippen LogP contribution >= 0.6 is 11.3 Å². The summed E-state index contributed by atoms with van der Waals surface area (Å²) in [6, 6.07) is 10.8. The summed E-state index contributed by atoms with van der Waals surface area (Å²) in [6.07, 6.45) is 6.16. The van der Waals surface area contributed by atoms with Gasteiger partial charge in [0.25, 0.3) is 5.91 Å². The molecule has 0 aliphatic carbocycles. The van der Waals surface area contributed by atoms with Crippen molar-refractivity contribution in [3.63, 3.8) is 0 Å². The number of nitrogens with two attached hydrogens (primary N) is 1. The van der Waals surface area contributed by atoms with Gasteiger partial charge in [-0.1, -0.05) is 48.6 Å². The molecule has 0 spiro atoms. The number of amides is 1. The Kier molecular flexibility index (Phi) is 5.51. The lowest BCUT2D eigenvalue weighted by Gasteiger charge is -2.35. The quantitative estimate of drug-likeness (QED) is 0.895. The van der Waals surface area contributed by atoms with E-state index in [0.29, 0.717) is 11.2 Å². The molecule has 0 radical (unpaired) electrons. The second kappa shape index (κ2) is 7.79. The maximum atomic E-state index is 13.1. The first-order chi connectivity index (χ1) is 11.7. The molecular formula is C19H25N3OS. The number of nitrogen functional groups attached to an aromatic ring is 1. The fraction of sp³-hybridized carbons (Fsp3) is 0.474. The van der Waals surface area contributed by atoms with E-state index in [2.05, 4.69) is 34.1 Å². The molecule has 4 nitrogen and oxygen atoms in total. The summed E-state index contributed by atoms with van der Waals surface area (Å²) in [5, 5.41) is 0.494. The van der Waals surface area contributed by atoms with E-state index in [9.17, 15) is 4.79 Å². The highest BCUT2D eigenvalue weighted by atomic mass is 32.1. The highest BCUT2D eigenvalue weighted by molar-refractivity contribution is 7.17. The number of nitrogens with zero attached hydrogens (tertiary/aromatic N) is 2. The SMILES string of the molecule is CCc1nc(N)sc1C(=O)N1CCCC[C@@H]1CCc1ccccc1. The minimum Gasteiger partial charge on any atom is -0.375 e. The number of thiazole rings is 1. The minimum atomic E-state index is 0.124. The second-order valence-electron chi connectivity index (χ2n) is 6.35. The van der Waals surface area contributed by atoms with Gasteiger partial charge in [-0.3, -0.25) is 4.79 Å². The maximum absolute atomic E-state index is 13.1. The van der Waals surface area contributed by atoms with E-state index >= 15 is 0 Å². The second-order valence-corrected chi connectivity index (χ2v) is 7.38. The summed E-state index contributed by atoms with van der Waals surface area (Å²) in [5.74, 6) is 0.124. The van der Waals surface area contributed by atoms with E-state index in [1.54, 1.807) is 0 Å². The number of aromatic nitrogens is 1. The Balaban J connectivity index is 1.72. The Morgan fingerprint density at radius 2 is 2.12 bits per heavy atom. The van der Waals surface area contributed by atoms with Crippen molar-refractivity contribution in [1.29, 1.82) is 0 Å². The van der Waals surface area contributed by atoms with Crippen LogP contribution in [-0.4, -0.2) is 28.4 Å². The van der Waals surface area contributed by atoms with E-state index in [4.69, 9.17) is 5.73 Å². The number of hydrogen-bond acceptors (Lipinski definition) is 4. The molecule has 2 aromatic rings. The third-order valence-electron chi connectivity index (χ3n) is 4.74. The first-order valence-electron chi connectivity index (χ1n) is 8.79. The van der Waals surface area contributed by atoms with Crippen LogP contribution in [0.5, 0.6) is 0 Å². The van der Waals surface area contributed by atoms with Crippen LogP contribution in [0.3, 0.4) is 0 Å². The Hall–Kier alpha value is -1.88. The van der Waals surface area contributed by atoms with Crippen molar-refractivity contribution < 1.29 is 4.79 Å². The van der Waals surface area contributed by atoms with Crippen molar-refractivity contribution in [3.8, 4) is 0 Å². The highest BCUT2D eigenvalue weighted by Crippen LogP contribution is 2.28. The molecule has 3 rings (SSSR count). The summed E-state index contributed by atoms with van der Waals surface area (Å²) < 4.78 is 0. The number of piperidine rings is 1. The summed E-state index contributed by atoms with van der Waals surface area (Å²) in [7, 11) is 0. The van der Waals surface area contributed by atoms with Gasteiger partial charge in [-0.2, -0.15) is 0 Å². The Labute approximate surface area is 147 Å². The Morgan fingerprint density at radius 3 is 2.88 bits per heavy atom. The molecule has 1 amide bonds. The number of aryl methyl sites for hydroxylation is 2. The van der Waals surface area contributed by atoms with E-state index in [-0.39, 0.29) is 5.91 Å². The van der Waals surface area contributed by atoms with E-state index < -0.39 is 0 Å². The highest BCUT2D eigenvalue weighted by Gasteiger charge is 2.29. The lowest BCUT2D eigenvalue weighted by Crippen LogP contribution is -2.44. The molecule has 128 valence electrons. The van der Waals surface area contributed by atoms with Gasteiger partial charge in [0.05, 0.1) is 5.69 Å². The first-order valence-corrected chi connectivity index (χ1v) is 9.60. The predicted octanol–water partition coefficient (Wildman–Crippen LogP) is 3.92. The standard InChI is InChI=1S/C19H25N3OS/c1-2-16-17(24-19(20)21-16)18(23)22-13-7-6-10-15(22)12-11-14-8-4-3-5-9-14/h3-5,8-9,15H,2,6-7,10-13H2,1H3,(H2,20,21)/t15-/m1/s1. The van der Waals surface area contributed by atoms with Gasteiger partial charge in [-0.15, -0.1) is 0 Å². The van der Waals surface area contributed by atoms with Crippen molar-refractivity contribution >= 4 is 22.4 Å². The van der Waals surface area contributed by atoms with Crippen LogP contribution in [0, 0.1) is 0 Å². The molecule has 1 aromatic heterocycles. The lowest BCUT2D eigenvalue weighted by molar-refractivity contribution is 0.0605. The summed E-state index contributed by atoms with van der Waals surface area (Å²) in [4.78, 5) is 20.2. The molecule has 1 aromatic carbocycles. The van der Waals surface area contributed by atoms with Crippen molar-refractivity contribution in [2.24, 2.45) is 0 Å². The zero-order chi connectivity index (χ0) is 16.9. The van der Waals surface area contributed by atoms with Gasteiger partial charge in [-0.25, -0.2) is 4.98 Å². The molecular weight excluding hydrogens is 318 g/mol. The molecule has 1 aliphatic rings. The summed E-state index contributed by atoms with van der Waals surface area (Å²) >= 11 is 1.33. The third kappa shape index (κ3) is 3.78.